The number of nitrogens with two attached hydrogens (primary N) is 1. The number of nitrogens with zero attached hydrogens (tertiary/aromatic N) is 4. The molecule has 3 aliphatic heterocycles. The number of rotatable bonds is 5. The van der Waals surface area contributed by atoms with Crippen molar-refractivity contribution in [1.82, 2.24) is 14.7 Å². The van der Waals surface area contributed by atoms with Gasteiger partial charge in [-0.05, 0) is 44.2 Å². The minimum Gasteiger partial charge on any atom is -0.330 e. The topological polar surface area (TPSA) is 93.7 Å². The lowest BCUT2D eigenvalue weighted by Gasteiger charge is -2.39. The average Bonchev–Trinajstić information content (AvgIpc) is 3.41. The van der Waals surface area contributed by atoms with E-state index < -0.39 is 6.04 Å². The number of carbonyl (C=O) groups excluding carboxylic acids is 2. The molecule has 154 valence electrons. The van der Waals surface area contributed by atoms with Crippen LogP contribution in [0.2, 0.25) is 0 Å². The van der Waals surface area contributed by atoms with E-state index in [4.69, 9.17) is 5.73 Å². The minimum absolute atomic E-state index is 0.0390. The van der Waals surface area contributed by atoms with Crippen LogP contribution in [0.5, 0.6) is 0 Å². The number of carbonyl (C=O) groups is 2. The van der Waals surface area contributed by atoms with Gasteiger partial charge in [-0.2, -0.15) is 5.26 Å². The van der Waals surface area contributed by atoms with Gasteiger partial charge in [0.1, 0.15) is 6.04 Å². The SMILES string of the molecule is Cc1ccccc1[C@H](C)N1C(=O)C2CC1CN2CC(N)C(=O)N1CCCC1C#N. The standard InChI is InChI=1S/C22H29N5O2/c1-14-6-3-4-8-18(14)15(2)27-17-10-20(22(27)29)25(12-17)13-19(24)21(28)26-9-5-7-16(26)11-23/h3-4,6,8,15-17,19-20H,5,7,9-10,12-13,24H2,1-2H3/t15-,16?,17?,19?,20?/m0/s1. The van der Waals surface area contributed by atoms with Crippen molar-refractivity contribution in [3.8, 4) is 6.07 Å². The summed E-state index contributed by atoms with van der Waals surface area (Å²) >= 11 is 0. The fourth-order valence-corrected chi connectivity index (χ4v) is 5.31. The van der Waals surface area contributed by atoms with E-state index in [0.717, 1.165) is 19.4 Å². The molecule has 4 rings (SSSR count). The highest BCUT2D eigenvalue weighted by molar-refractivity contribution is 5.87. The summed E-state index contributed by atoms with van der Waals surface area (Å²) in [6, 6.07) is 9.32. The van der Waals surface area contributed by atoms with Crippen molar-refractivity contribution < 1.29 is 9.59 Å². The Morgan fingerprint density at radius 2 is 2.14 bits per heavy atom. The maximum atomic E-state index is 13.1. The largest absolute Gasteiger partial charge is 0.330 e. The summed E-state index contributed by atoms with van der Waals surface area (Å²) in [5.74, 6) is -0.0397. The Bertz CT molecular complexity index is 850. The molecule has 0 radical (unpaired) electrons. The predicted molar refractivity (Wildman–Crippen MR) is 109 cm³/mol. The molecule has 1 aromatic rings. The predicted octanol–water partition coefficient (Wildman–Crippen LogP) is 1.18. The van der Waals surface area contributed by atoms with Crippen LogP contribution in [0.15, 0.2) is 24.3 Å². The molecule has 2 bridgehead atoms. The van der Waals surface area contributed by atoms with Crippen molar-refractivity contribution in [3.05, 3.63) is 35.4 Å². The normalized spacial score (nSPS) is 28.6. The second-order valence-electron chi connectivity index (χ2n) is 8.56. The number of hydrogen-bond donors (Lipinski definition) is 1. The van der Waals surface area contributed by atoms with Crippen molar-refractivity contribution in [1.29, 1.82) is 5.26 Å². The minimum atomic E-state index is -0.696. The van der Waals surface area contributed by atoms with Crippen molar-refractivity contribution >= 4 is 11.8 Å². The number of likely N-dealkylation sites (tertiary alicyclic amines) is 3. The van der Waals surface area contributed by atoms with E-state index in [-0.39, 0.29) is 36.0 Å². The van der Waals surface area contributed by atoms with Gasteiger partial charge in [-0.15, -0.1) is 0 Å². The van der Waals surface area contributed by atoms with Gasteiger partial charge < -0.3 is 15.5 Å². The monoisotopic (exact) mass is 395 g/mol. The van der Waals surface area contributed by atoms with Crippen LogP contribution >= 0.6 is 0 Å². The highest BCUT2D eigenvalue weighted by Gasteiger charge is 2.51. The van der Waals surface area contributed by atoms with Crippen LogP contribution in [0.1, 0.15) is 43.4 Å². The van der Waals surface area contributed by atoms with Crippen LogP contribution in [0.4, 0.5) is 0 Å². The molecule has 0 aromatic heterocycles. The smallest absolute Gasteiger partial charge is 0.241 e. The number of hydrogen-bond acceptors (Lipinski definition) is 5. The van der Waals surface area contributed by atoms with E-state index in [1.54, 1.807) is 4.90 Å². The molecular weight excluding hydrogens is 366 g/mol. The average molecular weight is 396 g/mol. The Balaban J connectivity index is 1.40. The molecule has 3 aliphatic rings. The summed E-state index contributed by atoms with van der Waals surface area (Å²) in [4.78, 5) is 31.5. The number of fused-ring (bicyclic) bond motifs is 2. The summed E-state index contributed by atoms with van der Waals surface area (Å²) in [7, 11) is 0. The maximum absolute atomic E-state index is 13.1. The lowest BCUT2D eigenvalue weighted by atomic mass is 10.0. The van der Waals surface area contributed by atoms with Gasteiger partial charge >= 0.3 is 0 Å². The lowest BCUT2D eigenvalue weighted by Crippen LogP contribution is -2.56. The van der Waals surface area contributed by atoms with Gasteiger partial charge in [-0.1, -0.05) is 24.3 Å². The van der Waals surface area contributed by atoms with Crippen LogP contribution in [-0.4, -0.2) is 70.3 Å². The summed E-state index contributed by atoms with van der Waals surface area (Å²) in [6.45, 7) is 5.88. The van der Waals surface area contributed by atoms with E-state index >= 15 is 0 Å². The second kappa shape index (κ2) is 7.77. The Labute approximate surface area is 172 Å². The molecule has 7 heteroatoms. The zero-order valence-electron chi connectivity index (χ0n) is 17.1. The second-order valence-corrected chi connectivity index (χ2v) is 8.56. The highest BCUT2D eigenvalue weighted by atomic mass is 16.2. The molecular formula is C22H29N5O2. The summed E-state index contributed by atoms with van der Waals surface area (Å²) in [6.07, 6.45) is 2.35. The molecule has 3 saturated heterocycles. The van der Waals surface area contributed by atoms with E-state index in [1.807, 2.05) is 17.0 Å². The molecule has 29 heavy (non-hydrogen) atoms. The quantitative estimate of drug-likeness (QED) is 0.808. The fourth-order valence-electron chi connectivity index (χ4n) is 5.31. The Morgan fingerprint density at radius 3 is 2.83 bits per heavy atom. The third-order valence-corrected chi connectivity index (χ3v) is 6.80. The molecule has 2 amide bonds. The first kappa shape index (κ1) is 19.9. The van der Waals surface area contributed by atoms with E-state index in [1.165, 1.54) is 11.1 Å². The van der Waals surface area contributed by atoms with Crippen LogP contribution in [-0.2, 0) is 9.59 Å². The third-order valence-electron chi connectivity index (χ3n) is 6.80. The molecule has 2 N–H and O–H groups in total. The molecule has 3 fully saturated rings. The summed E-state index contributed by atoms with van der Waals surface area (Å²) in [5, 5.41) is 9.22. The van der Waals surface area contributed by atoms with Crippen LogP contribution < -0.4 is 5.73 Å². The summed E-state index contributed by atoms with van der Waals surface area (Å²) < 4.78 is 0. The fraction of sp³-hybridized carbons (Fsp3) is 0.591. The first-order chi connectivity index (χ1) is 13.9. The van der Waals surface area contributed by atoms with Gasteiger partial charge in [0.25, 0.3) is 0 Å². The molecule has 7 nitrogen and oxygen atoms in total. The Morgan fingerprint density at radius 1 is 1.38 bits per heavy atom. The van der Waals surface area contributed by atoms with Gasteiger partial charge in [0.15, 0.2) is 0 Å². The van der Waals surface area contributed by atoms with E-state index in [9.17, 15) is 14.9 Å². The zero-order chi connectivity index (χ0) is 20.7. The van der Waals surface area contributed by atoms with Crippen LogP contribution in [0, 0.1) is 18.3 Å². The number of benzene rings is 1. The first-order valence-electron chi connectivity index (χ1n) is 10.5. The summed E-state index contributed by atoms with van der Waals surface area (Å²) in [5.41, 5.74) is 8.59. The van der Waals surface area contributed by atoms with Gasteiger partial charge in [0.05, 0.1) is 24.2 Å². The first-order valence-corrected chi connectivity index (χ1v) is 10.5. The number of aryl methyl sites for hydroxylation is 1. The van der Waals surface area contributed by atoms with Crippen molar-refractivity contribution in [3.63, 3.8) is 0 Å². The Kier molecular flexibility index (Phi) is 5.32. The molecule has 0 spiro atoms. The van der Waals surface area contributed by atoms with Gasteiger partial charge in [-0.3, -0.25) is 14.5 Å². The number of piperazine rings is 1. The Hall–Kier alpha value is -2.43. The van der Waals surface area contributed by atoms with Crippen LogP contribution in [0.3, 0.4) is 0 Å². The highest BCUT2D eigenvalue weighted by Crippen LogP contribution is 2.38. The van der Waals surface area contributed by atoms with E-state index in [0.29, 0.717) is 19.5 Å². The zero-order valence-corrected chi connectivity index (χ0v) is 17.1. The number of amides is 2. The molecule has 0 saturated carbocycles. The van der Waals surface area contributed by atoms with E-state index in [2.05, 4.69) is 36.9 Å². The van der Waals surface area contributed by atoms with Gasteiger partial charge in [-0.25, -0.2) is 0 Å². The molecule has 0 aliphatic carbocycles. The lowest BCUT2D eigenvalue weighted by molar-refractivity contribution is -0.141. The molecule has 3 heterocycles. The van der Waals surface area contributed by atoms with Gasteiger partial charge in [0, 0.05) is 25.7 Å². The van der Waals surface area contributed by atoms with Crippen molar-refractivity contribution in [2.75, 3.05) is 19.6 Å². The van der Waals surface area contributed by atoms with Crippen molar-refractivity contribution in [2.24, 2.45) is 5.73 Å². The molecule has 5 atom stereocenters. The molecule has 4 unspecified atom stereocenters. The maximum Gasteiger partial charge on any atom is 0.241 e. The number of nitriles is 1. The van der Waals surface area contributed by atoms with Gasteiger partial charge in [0.2, 0.25) is 11.8 Å². The van der Waals surface area contributed by atoms with Crippen LogP contribution in [0.25, 0.3) is 0 Å². The van der Waals surface area contributed by atoms with Crippen molar-refractivity contribution in [2.45, 2.75) is 63.3 Å². The molecule has 1 aromatic carbocycles. The third kappa shape index (κ3) is 3.41.